The van der Waals surface area contributed by atoms with Gasteiger partial charge >= 0.3 is 5.97 Å². The van der Waals surface area contributed by atoms with Gasteiger partial charge in [-0.25, -0.2) is 4.79 Å². The van der Waals surface area contributed by atoms with Crippen molar-refractivity contribution in [3.8, 4) is 11.4 Å². The van der Waals surface area contributed by atoms with Crippen molar-refractivity contribution >= 4 is 32.8 Å². The second-order valence-electron chi connectivity index (χ2n) is 6.56. The van der Waals surface area contributed by atoms with E-state index in [9.17, 15) is 4.79 Å². The van der Waals surface area contributed by atoms with Crippen LogP contribution in [0, 0.1) is 0 Å². The molecule has 1 aromatic heterocycles. The first-order valence-electron chi connectivity index (χ1n) is 9.23. The average molecular weight is 430 g/mol. The monoisotopic (exact) mass is 429 g/mol. The van der Waals surface area contributed by atoms with Gasteiger partial charge in [0.05, 0.1) is 18.2 Å². The van der Waals surface area contributed by atoms with Crippen LogP contribution < -0.4 is 4.74 Å². The number of nitrogens with zero attached hydrogens (tertiary/aromatic N) is 1. The van der Waals surface area contributed by atoms with E-state index in [0.717, 1.165) is 38.8 Å². The second-order valence-corrected chi connectivity index (χ2v) is 7.47. The minimum absolute atomic E-state index is 0.113. The lowest BCUT2D eigenvalue weighted by atomic mass is 10.1. The summed E-state index contributed by atoms with van der Waals surface area (Å²) in [5, 5.41) is 1.05. The molecule has 0 aliphatic heterocycles. The van der Waals surface area contributed by atoms with E-state index in [0.29, 0.717) is 12.3 Å². The van der Waals surface area contributed by atoms with Crippen molar-refractivity contribution in [2.24, 2.45) is 0 Å². The molecule has 5 heteroatoms. The molecule has 27 heavy (non-hydrogen) atoms. The fourth-order valence-electron chi connectivity index (χ4n) is 3.31. The van der Waals surface area contributed by atoms with E-state index < -0.39 is 0 Å². The molecule has 0 amide bonds. The quantitative estimate of drug-likeness (QED) is 0.456. The Hall–Kier alpha value is -2.27. The van der Waals surface area contributed by atoms with Crippen LogP contribution >= 0.6 is 15.9 Å². The Morgan fingerprint density at radius 1 is 1.11 bits per heavy atom. The summed E-state index contributed by atoms with van der Waals surface area (Å²) in [4.78, 5) is 12.8. The minimum Gasteiger partial charge on any atom is -0.491 e. The Morgan fingerprint density at radius 2 is 1.81 bits per heavy atom. The molecule has 0 N–H and O–H groups in total. The molecule has 0 saturated carbocycles. The molecule has 3 aromatic rings. The normalized spacial score (nSPS) is 11.2. The maximum absolute atomic E-state index is 12.8. The fraction of sp³-hybridized carbons (Fsp3) is 0.318. The molecular weight excluding hydrogens is 406 g/mol. The van der Waals surface area contributed by atoms with Crippen LogP contribution in [-0.2, 0) is 11.2 Å². The summed E-state index contributed by atoms with van der Waals surface area (Å²) in [6.07, 6.45) is 0.852. The van der Waals surface area contributed by atoms with Crippen molar-refractivity contribution in [1.82, 2.24) is 4.57 Å². The Balaban J connectivity index is 2.23. The summed E-state index contributed by atoms with van der Waals surface area (Å²) in [6.45, 7) is 8.22. The Labute approximate surface area is 168 Å². The largest absolute Gasteiger partial charge is 0.491 e. The SMILES string of the molecule is CCOC(=O)c1c(CC)c2cc(Br)ccc2n1-c1ccc(OC(C)C)cc1. The third-order valence-corrected chi connectivity index (χ3v) is 4.82. The van der Waals surface area contributed by atoms with Gasteiger partial charge in [0.2, 0.25) is 0 Å². The highest BCUT2D eigenvalue weighted by Crippen LogP contribution is 2.33. The van der Waals surface area contributed by atoms with Gasteiger partial charge in [-0.1, -0.05) is 22.9 Å². The van der Waals surface area contributed by atoms with Crippen LogP contribution in [0.5, 0.6) is 5.75 Å². The lowest BCUT2D eigenvalue weighted by molar-refractivity contribution is 0.0516. The Bertz CT molecular complexity index is 958. The van der Waals surface area contributed by atoms with Gasteiger partial charge in [-0.3, -0.25) is 0 Å². The zero-order valence-corrected chi connectivity index (χ0v) is 17.7. The van der Waals surface area contributed by atoms with Crippen molar-refractivity contribution in [2.75, 3.05) is 6.61 Å². The van der Waals surface area contributed by atoms with Crippen molar-refractivity contribution < 1.29 is 14.3 Å². The van der Waals surface area contributed by atoms with Crippen molar-refractivity contribution in [2.45, 2.75) is 40.2 Å². The Kier molecular flexibility index (Phi) is 5.90. The molecule has 0 radical (unpaired) electrons. The highest BCUT2D eigenvalue weighted by atomic mass is 79.9. The number of fused-ring (bicyclic) bond motifs is 1. The third-order valence-electron chi connectivity index (χ3n) is 4.32. The molecule has 142 valence electrons. The Morgan fingerprint density at radius 3 is 2.41 bits per heavy atom. The van der Waals surface area contributed by atoms with E-state index >= 15 is 0 Å². The maximum atomic E-state index is 12.8. The van der Waals surface area contributed by atoms with E-state index in [1.165, 1.54) is 0 Å². The van der Waals surface area contributed by atoms with Gasteiger partial charge < -0.3 is 14.0 Å². The molecule has 0 atom stereocenters. The van der Waals surface area contributed by atoms with Gasteiger partial charge in [0.15, 0.2) is 0 Å². The van der Waals surface area contributed by atoms with Crippen LogP contribution in [0.1, 0.15) is 43.7 Å². The molecular formula is C22H24BrNO3. The lowest BCUT2D eigenvalue weighted by Gasteiger charge is -2.13. The third kappa shape index (κ3) is 3.88. The number of carbonyl (C=O) groups excluding carboxylic acids is 1. The summed E-state index contributed by atoms with van der Waals surface area (Å²) in [5.74, 6) is 0.505. The number of ether oxygens (including phenoxy) is 2. The summed E-state index contributed by atoms with van der Waals surface area (Å²) in [6, 6.07) is 13.9. The van der Waals surface area contributed by atoms with Crippen molar-refractivity contribution in [1.29, 1.82) is 0 Å². The molecule has 4 nitrogen and oxygen atoms in total. The van der Waals surface area contributed by atoms with Gasteiger partial charge in [-0.05, 0) is 75.2 Å². The standard InChI is InChI=1S/C22H24BrNO3/c1-5-18-19-13-15(23)7-12-20(19)24(21(18)22(25)26-6-2)16-8-10-17(11-9-16)27-14(3)4/h7-14H,5-6H2,1-4H3. The number of hydrogen-bond donors (Lipinski definition) is 0. The average Bonchev–Trinajstić information content (AvgIpc) is 2.95. The lowest BCUT2D eigenvalue weighted by Crippen LogP contribution is -2.13. The van der Waals surface area contributed by atoms with E-state index in [-0.39, 0.29) is 12.1 Å². The minimum atomic E-state index is -0.302. The van der Waals surface area contributed by atoms with Crippen LogP contribution in [0.2, 0.25) is 0 Å². The number of aryl methyl sites for hydroxylation is 1. The van der Waals surface area contributed by atoms with Gasteiger partial charge in [0.25, 0.3) is 0 Å². The number of hydrogen-bond acceptors (Lipinski definition) is 3. The molecule has 0 bridgehead atoms. The second kappa shape index (κ2) is 8.17. The summed E-state index contributed by atoms with van der Waals surface area (Å²) in [5.41, 5.74) is 3.47. The molecule has 0 unspecified atom stereocenters. The van der Waals surface area contributed by atoms with Crippen molar-refractivity contribution in [3.63, 3.8) is 0 Å². The molecule has 1 heterocycles. The number of aromatic nitrogens is 1. The predicted octanol–water partition coefficient (Wildman–Crippen LogP) is 5.92. The molecule has 0 aliphatic carbocycles. The number of carbonyl (C=O) groups is 1. The smallest absolute Gasteiger partial charge is 0.355 e. The van der Waals surface area contributed by atoms with E-state index in [4.69, 9.17) is 9.47 Å². The van der Waals surface area contributed by atoms with E-state index in [1.54, 1.807) is 0 Å². The van der Waals surface area contributed by atoms with Crippen LogP contribution in [0.3, 0.4) is 0 Å². The van der Waals surface area contributed by atoms with Gasteiger partial charge in [-0.2, -0.15) is 0 Å². The molecule has 2 aromatic carbocycles. The zero-order chi connectivity index (χ0) is 19.6. The molecule has 0 saturated heterocycles. The highest BCUT2D eigenvalue weighted by molar-refractivity contribution is 9.10. The number of rotatable bonds is 6. The molecule has 0 aliphatic rings. The van der Waals surface area contributed by atoms with E-state index in [1.807, 2.05) is 61.7 Å². The predicted molar refractivity (Wildman–Crippen MR) is 112 cm³/mol. The zero-order valence-electron chi connectivity index (χ0n) is 16.1. The van der Waals surface area contributed by atoms with Gasteiger partial charge in [-0.15, -0.1) is 0 Å². The first kappa shape index (κ1) is 19.5. The van der Waals surface area contributed by atoms with Crippen LogP contribution in [0.25, 0.3) is 16.6 Å². The number of benzene rings is 2. The van der Waals surface area contributed by atoms with Crippen LogP contribution in [0.4, 0.5) is 0 Å². The summed E-state index contributed by atoms with van der Waals surface area (Å²) >= 11 is 3.54. The van der Waals surface area contributed by atoms with Crippen LogP contribution in [-0.4, -0.2) is 23.2 Å². The molecule has 0 fully saturated rings. The maximum Gasteiger partial charge on any atom is 0.355 e. The van der Waals surface area contributed by atoms with Crippen LogP contribution in [0.15, 0.2) is 46.9 Å². The number of halogens is 1. The fourth-order valence-corrected chi connectivity index (χ4v) is 3.67. The summed E-state index contributed by atoms with van der Waals surface area (Å²) < 4.78 is 14.1. The summed E-state index contributed by atoms with van der Waals surface area (Å²) in [7, 11) is 0. The van der Waals surface area contributed by atoms with Crippen molar-refractivity contribution in [3.05, 3.63) is 58.2 Å². The number of esters is 1. The van der Waals surface area contributed by atoms with E-state index in [2.05, 4.69) is 28.9 Å². The van der Waals surface area contributed by atoms with Gasteiger partial charge in [0, 0.05) is 15.5 Å². The first-order valence-corrected chi connectivity index (χ1v) is 10.0. The first-order chi connectivity index (χ1) is 13.0. The molecule has 0 spiro atoms. The topological polar surface area (TPSA) is 40.5 Å². The van der Waals surface area contributed by atoms with Gasteiger partial charge in [0.1, 0.15) is 11.4 Å². The highest BCUT2D eigenvalue weighted by Gasteiger charge is 2.24. The molecule has 3 rings (SSSR count).